The lowest BCUT2D eigenvalue weighted by molar-refractivity contribution is -0.114. The highest BCUT2D eigenvalue weighted by molar-refractivity contribution is 7.87. The number of thiocarbonyl (C=S) groups is 1. The Morgan fingerprint density at radius 1 is 1.06 bits per heavy atom. The van der Waals surface area contributed by atoms with Crippen molar-refractivity contribution >= 4 is 38.9 Å². The van der Waals surface area contributed by atoms with Crippen LogP contribution in [0.2, 0.25) is 0 Å². The minimum Gasteiger partial charge on any atom is -0.490 e. The molecular formula is C22H26N2O5S2. The van der Waals surface area contributed by atoms with Gasteiger partial charge in [-0.05, 0) is 68.7 Å². The Labute approximate surface area is 188 Å². The minimum absolute atomic E-state index is 0.0306. The summed E-state index contributed by atoms with van der Waals surface area (Å²) >= 11 is 5.64. The topological polar surface area (TPSA) is 84.9 Å². The molecule has 1 aliphatic heterocycles. The number of carbonyl (C=O) groups is 1. The van der Waals surface area contributed by atoms with E-state index >= 15 is 0 Å². The van der Waals surface area contributed by atoms with E-state index in [0.29, 0.717) is 18.0 Å². The molecule has 2 aromatic carbocycles. The van der Waals surface area contributed by atoms with E-state index in [1.165, 1.54) is 37.6 Å². The van der Waals surface area contributed by atoms with Gasteiger partial charge >= 0.3 is 10.1 Å². The normalized spacial score (nSPS) is 14.1. The summed E-state index contributed by atoms with van der Waals surface area (Å²) in [6.07, 6.45) is 3.43. The number of ether oxygens (including phenoxy) is 1. The number of anilines is 1. The third-order valence-corrected chi connectivity index (χ3v) is 6.54. The molecule has 0 aliphatic carbocycles. The maximum absolute atomic E-state index is 12.8. The number of piperidine rings is 1. The molecule has 1 heterocycles. The molecule has 1 N–H and O–H groups in total. The van der Waals surface area contributed by atoms with Crippen molar-refractivity contribution in [3.8, 4) is 11.5 Å². The number of nitrogens with zero attached hydrogens (tertiary/aromatic N) is 1. The molecule has 1 fully saturated rings. The van der Waals surface area contributed by atoms with Crippen LogP contribution in [-0.2, 0) is 14.9 Å². The van der Waals surface area contributed by atoms with Gasteiger partial charge in [0.1, 0.15) is 9.88 Å². The summed E-state index contributed by atoms with van der Waals surface area (Å²) in [7, 11) is -4.09. The van der Waals surface area contributed by atoms with Gasteiger partial charge in [0.05, 0.1) is 6.61 Å². The molecule has 0 spiro atoms. The summed E-state index contributed by atoms with van der Waals surface area (Å²) in [5, 5.41) is 2.59. The average Bonchev–Trinajstić information content (AvgIpc) is 2.75. The van der Waals surface area contributed by atoms with Crippen LogP contribution in [-0.4, -0.2) is 43.9 Å². The molecule has 0 bridgehead atoms. The summed E-state index contributed by atoms with van der Waals surface area (Å²) in [5.41, 5.74) is 1.29. The summed E-state index contributed by atoms with van der Waals surface area (Å²) in [5.74, 6) is 0.173. The van der Waals surface area contributed by atoms with Crippen molar-refractivity contribution < 1.29 is 22.1 Å². The Morgan fingerprint density at radius 3 is 2.35 bits per heavy atom. The van der Waals surface area contributed by atoms with Gasteiger partial charge in [0.25, 0.3) is 0 Å². The second-order valence-electron chi connectivity index (χ2n) is 7.19. The number of rotatable bonds is 7. The molecule has 31 heavy (non-hydrogen) atoms. The predicted molar refractivity (Wildman–Crippen MR) is 123 cm³/mol. The fourth-order valence-electron chi connectivity index (χ4n) is 3.33. The molecule has 0 saturated carbocycles. The molecule has 3 rings (SSSR count). The van der Waals surface area contributed by atoms with E-state index in [1.807, 2.05) is 6.92 Å². The largest absolute Gasteiger partial charge is 0.490 e. The van der Waals surface area contributed by atoms with Crippen LogP contribution in [0.5, 0.6) is 11.5 Å². The van der Waals surface area contributed by atoms with E-state index in [0.717, 1.165) is 36.5 Å². The van der Waals surface area contributed by atoms with Crippen LogP contribution in [0.1, 0.15) is 38.7 Å². The van der Waals surface area contributed by atoms with E-state index in [2.05, 4.69) is 10.2 Å². The molecule has 0 atom stereocenters. The second kappa shape index (κ2) is 10.1. The SMILES string of the molecule is CCOc1cc(C(=S)N2CCCCC2)ccc1OS(=O)(=O)c1ccc(NC(C)=O)cc1. The molecule has 166 valence electrons. The van der Waals surface area contributed by atoms with Gasteiger partial charge < -0.3 is 19.1 Å². The van der Waals surface area contributed by atoms with Crippen LogP contribution < -0.4 is 14.2 Å². The van der Waals surface area contributed by atoms with Crippen molar-refractivity contribution in [3.63, 3.8) is 0 Å². The number of benzene rings is 2. The van der Waals surface area contributed by atoms with E-state index < -0.39 is 10.1 Å². The lowest BCUT2D eigenvalue weighted by atomic mass is 10.1. The van der Waals surface area contributed by atoms with Crippen molar-refractivity contribution in [1.82, 2.24) is 4.90 Å². The summed E-state index contributed by atoms with van der Waals surface area (Å²) in [6.45, 7) is 5.38. The van der Waals surface area contributed by atoms with Gasteiger partial charge in [-0.25, -0.2) is 0 Å². The molecule has 2 aromatic rings. The van der Waals surface area contributed by atoms with Gasteiger partial charge in [0.2, 0.25) is 5.91 Å². The standard InChI is InChI=1S/C22H26N2O5S2/c1-3-28-21-15-17(22(30)24-13-5-4-6-14-24)7-12-20(21)29-31(26,27)19-10-8-18(9-11-19)23-16(2)25/h7-12,15H,3-6,13-14H2,1-2H3,(H,23,25). The van der Waals surface area contributed by atoms with Gasteiger partial charge in [-0.3, -0.25) is 4.79 Å². The van der Waals surface area contributed by atoms with E-state index in [1.54, 1.807) is 18.2 Å². The highest BCUT2D eigenvalue weighted by Gasteiger charge is 2.21. The lowest BCUT2D eigenvalue weighted by Crippen LogP contribution is -2.34. The van der Waals surface area contributed by atoms with Gasteiger partial charge in [0, 0.05) is 31.3 Å². The first-order chi connectivity index (χ1) is 14.8. The first-order valence-electron chi connectivity index (χ1n) is 10.2. The summed E-state index contributed by atoms with van der Waals surface area (Å²) < 4.78 is 36.5. The second-order valence-corrected chi connectivity index (χ2v) is 9.12. The molecule has 1 amide bonds. The molecule has 1 saturated heterocycles. The van der Waals surface area contributed by atoms with Crippen LogP contribution in [0.3, 0.4) is 0 Å². The molecule has 0 unspecified atom stereocenters. The van der Waals surface area contributed by atoms with E-state index in [-0.39, 0.29) is 16.6 Å². The molecule has 0 aromatic heterocycles. The summed E-state index contributed by atoms with van der Waals surface area (Å²) in [4.78, 5) is 14.0. The smallest absolute Gasteiger partial charge is 0.339 e. The van der Waals surface area contributed by atoms with Gasteiger partial charge in [-0.2, -0.15) is 8.42 Å². The molecule has 7 nitrogen and oxygen atoms in total. The van der Waals surface area contributed by atoms with E-state index in [4.69, 9.17) is 21.1 Å². The lowest BCUT2D eigenvalue weighted by Gasteiger charge is -2.29. The van der Waals surface area contributed by atoms with Crippen molar-refractivity contribution in [1.29, 1.82) is 0 Å². The van der Waals surface area contributed by atoms with Crippen molar-refractivity contribution in [2.24, 2.45) is 0 Å². The number of carbonyl (C=O) groups excluding carboxylic acids is 1. The fourth-order valence-corrected chi connectivity index (χ4v) is 4.58. The Bertz CT molecular complexity index is 1050. The Hall–Kier alpha value is -2.65. The molecule has 0 radical (unpaired) electrons. The van der Waals surface area contributed by atoms with Crippen LogP contribution in [0.25, 0.3) is 0 Å². The predicted octanol–water partition coefficient (Wildman–Crippen LogP) is 3.97. The zero-order valence-corrected chi connectivity index (χ0v) is 19.2. The Morgan fingerprint density at radius 2 is 1.74 bits per heavy atom. The molecular weight excluding hydrogens is 436 g/mol. The van der Waals surface area contributed by atoms with Crippen molar-refractivity contribution in [2.45, 2.75) is 38.0 Å². The van der Waals surface area contributed by atoms with Crippen LogP contribution in [0.4, 0.5) is 5.69 Å². The molecule has 9 heteroatoms. The summed E-state index contributed by atoms with van der Waals surface area (Å²) in [6, 6.07) is 10.8. The van der Waals surface area contributed by atoms with Gasteiger partial charge in [0.15, 0.2) is 11.5 Å². The van der Waals surface area contributed by atoms with Crippen molar-refractivity contribution in [3.05, 3.63) is 48.0 Å². The highest BCUT2D eigenvalue weighted by atomic mass is 32.2. The number of hydrogen-bond acceptors (Lipinski definition) is 6. The zero-order valence-electron chi connectivity index (χ0n) is 17.6. The maximum Gasteiger partial charge on any atom is 0.339 e. The van der Waals surface area contributed by atoms with Gasteiger partial charge in [-0.1, -0.05) is 12.2 Å². The van der Waals surface area contributed by atoms with Crippen molar-refractivity contribution in [2.75, 3.05) is 25.0 Å². The van der Waals surface area contributed by atoms with Crippen LogP contribution in [0, 0.1) is 0 Å². The number of nitrogens with one attached hydrogen (secondary N) is 1. The monoisotopic (exact) mass is 462 g/mol. The first kappa shape index (κ1) is 23.0. The van der Waals surface area contributed by atoms with E-state index in [9.17, 15) is 13.2 Å². The quantitative estimate of drug-likeness (QED) is 0.492. The maximum atomic E-state index is 12.8. The number of hydrogen-bond donors (Lipinski definition) is 1. The molecule has 1 aliphatic rings. The average molecular weight is 463 g/mol. The third-order valence-electron chi connectivity index (χ3n) is 4.80. The van der Waals surface area contributed by atoms with Crippen LogP contribution >= 0.6 is 12.2 Å². The number of amides is 1. The van der Waals surface area contributed by atoms with Gasteiger partial charge in [-0.15, -0.1) is 0 Å². The Balaban J connectivity index is 1.82. The highest BCUT2D eigenvalue weighted by Crippen LogP contribution is 2.32. The fraction of sp³-hybridized carbons (Fsp3) is 0.364. The number of likely N-dealkylation sites (tertiary alicyclic amines) is 1. The minimum atomic E-state index is -4.09. The van der Waals surface area contributed by atoms with Crippen LogP contribution in [0.15, 0.2) is 47.4 Å². The Kier molecular flexibility index (Phi) is 7.50. The first-order valence-corrected chi connectivity index (χ1v) is 12.0. The third kappa shape index (κ3) is 5.95. The zero-order chi connectivity index (χ0) is 22.4.